The molecule has 0 unspecified atom stereocenters. The number of piperidine rings is 1. The molecule has 1 aliphatic heterocycles. The summed E-state index contributed by atoms with van der Waals surface area (Å²) < 4.78 is 4.84. The smallest absolute Gasteiger partial charge is 0.308 e. The number of rotatable bonds is 4. The molecule has 0 bridgehead atoms. The van der Waals surface area contributed by atoms with E-state index in [1.807, 2.05) is 0 Å². The van der Waals surface area contributed by atoms with Crippen molar-refractivity contribution in [3.05, 3.63) is 6.33 Å². The van der Waals surface area contributed by atoms with Gasteiger partial charge in [-0.25, -0.2) is 9.97 Å². The minimum atomic E-state index is -0.120. The van der Waals surface area contributed by atoms with Crippen molar-refractivity contribution in [2.75, 3.05) is 36.1 Å². The van der Waals surface area contributed by atoms with Crippen molar-refractivity contribution in [2.24, 2.45) is 5.92 Å². The van der Waals surface area contributed by atoms with Crippen LogP contribution in [0.2, 0.25) is 0 Å². The summed E-state index contributed by atoms with van der Waals surface area (Å²) in [6.07, 6.45) is 9.28. The average Bonchev–Trinajstić information content (AvgIpc) is 2.64. The summed E-state index contributed by atoms with van der Waals surface area (Å²) in [6.45, 7) is 1.51. The molecule has 1 aromatic rings. The van der Waals surface area contributed by atoms with Crippen molar-refractivity contribution < 1.29 is 9.53 Å². The molecule has 0 spiro atoms. The molecule has 7 heteroatoms. The summed E-state index contributed by atoms with van der Waals surface area (Å²) in [5, 5.41) is 3.49. The van der Waals surface area contributed by atoms with Gasteiger partial charge in [-0.1, -0.05) is 19.3 Å². The van der Waals surface area contributed by atoms with Gasteiger partial charge in [-0.2, -0.15) is 0 Å². The van der Waals surface area contributed by atoms with Crippen LogP contribution in [0.25, 0.3) is 0 Å². The van der Waals surface area contributed by atoms with Gasteiger partial charge < -0.3 is 20.7 Å². The first kappa shape index (κ1) is 16.8. The Balaban J connectivity index is 1.66. The van der Waals surface area contributed by atoms with Gasteiger partial charge in [0.2, 0.25) is 0 Å². The Hall–Kier alpha value is -2.05. The molecule has 3 rings (SSSR count). The first-order valence-corrected chi connectivity index (χ1v) is 8.89. The quantitative estimate of drug-likeness (QED) is 0.816. The number of nitrogen functional groups attached to an aromatic ring is 1. The maximum absolute atomic E-state index is 11.7. The van der Waals surface area contributed by atoms with Crippen molar-refractivity contribution >= 4 is 23.3 Å². The van der Waals surface area contributed by atoms with Crippen molar-refractivity contribution in [1.29, 1.82) is 0 Å². The number of nitrogens with two attached hydrogens (primary N) is 1. The summed E-state index contributed by atoms with van der Waals surface area (Å²) in [5.41, 5.74) is 6.94. The molecule has 7 nitrogen and oxygen atoms in total. The number of anilines is 3. The van der Waals surface area contributed by atoms with E-state index < -0.39 is 0 Å². The maximum Gasteiger partial charge on any atom is 0.308 e. The summed E-state index contributed by atoms with van der Waals surface area (Å²) in [7, 11) is 1.44. The molecule has 1 saturated heterocycles. The van der Waals surface area contributed by atoms with Crippen LogP contribution < -0.4 is 16.0 Å². The van der Waals surface area contributed by atoms with Gasteiger partial charge in [0.15, 0.2) is 11.6 Å². The lowest BCUT2D eigenvalue weighted by Crippen LogP contribution is -2.37. The highest BCUT2D eigenvalue weighted by Crippen LogP contribution is 2.31. The van der Waals surface area contributed by atoms with Crippen LogP contribution in [0.3, 0.4) is 0 Å². The zero-order valence-electron chi connectivity index (χ0n) is 14.3. The van der Waals surface area contributed by atoms with Crippen LogP contribution in [-0.4, -0.2) is 42.2 Å². The lowest BCUT2D eigenvalue weighted by atomic mass is 9.95. The summed E-state index contributed by atoms with van der Waals surface area (Å²) in [5.74, 6) is 1.37. The molecule has 2 fully saturated rings. The maximum atomic E-state index is 11.7. The van der Waals surface area contributed by atoms with Crippen LogP contribution >= 0.6 is 0 Å². The lowest BCUT2D eigenvalue weighted by molar-refractivity contribution is -0.146. The third-order valence-corrected chi connectivity index (χ3v) is 5.14. The standard InChI is InChI=1S/C17H27N5O2/c1-24-17(23)12-7-9-22(10-8-12)16-14(18)15(19-11-20-16)21-13-5-3-2-4-6-13/h11-13H,2-10,18H2,1H3,(H,19,20,21). The summed E-state index contributed by atoms with van der Waals surface area (Å²) >= 11 is 0. The first-order chi connectivity index (χ1) is 11.7. The lowest BCUT2D eigenvalue weighted by Gasteiger charge is -2.32. The molecular weight excluding hydrogens is 306 g/mol. The van der Waals surface area contributed by atoms with E-state index in [1.54, 1.807) is 6.33 Å². The number of nitrogens with zero attached hydrogens (tertiary/aromatic N) is 3. The van der Waals surface area contributed by atoms with Gasteiger partial charge >= 0.3 is 5.97 Å². The fourth-order valence-electron chi connectivity index (χ4n) is 3.69. The van der Waals surface area contributed by atoms with Crippen molar-refractivity contribution in [2.45, 2.75) is 51.0 Å². The minimum absolute atomic E-state index is 0.0193. The van der Waals surface area contributed by atoms with Gasteiger partial charge in [0.1, 0.15) is 12.0 Å². The Morgan fingerprint density at radius 1 is 1.21 bits per heavy atom. The molecule has 132 valence electrons. The Bertz CT molecular complexity index is 566. The van der Waals surface area contributed by atoms with E-state index in [0.717, 1.165) is 37.6 Å². The Labute approximate surface area is 143 Å². The third kappa shape index (κ3) is 3.71. The van der Waals surface area contributed by atoms with Crippen LogP contribution in [0.4, 0.5) is 17.3 Å². The number of nitrogens with one attached hydrogen (secondary N) is 1. The Kier molecular flexibility index (Phi) is 5.37. The number of ether oxygens (including phenoxy) is 1. The zero-order valence-corrected chi connectivity index (χ0v) is 14.3. The van der Waals surface area contributed by atoms with Gasteiger partial charge in [-0.05, 0) is 25.7 Å². The van der Waals surface area contributed by atoms with E-state index in [1.165, 1.54) is 39.2 Å². The number of carbonyl (C=O) groups is 1. The van der Waals surface area contributed by atoms with E-state index >= 15 is 0 Å². The second-order valence-electron chi connectivity index (χ2n) is 6.72. The SMILES string of the molecule is COC(=O)C1CCN(c2ncnc(NC3CCCCC3)c2N)CC1. The second kappa shape index (κ2) is 7.68. The van der Waals surface area contributed by atoms with Crippen molar-refractivity contribution in [1.82, 2.24) is 9.97 Å². The topological polar surface area (TPSA) is 93.4 Å². The third-order valence-electron chi connectivity index (χ3n) is 5.14. The van der Waals surface area contributed by atoms with Crippen LogP contribution in [0.1, 0.15) is 44.9 Å². The Morgan fingerprint density at radius 2 is 1.92 bits per heavy atom. The predicted molar refractivity (Wildman–Crippen MR) is 93.9 cm³/mol. The van der Waals surface area contributed by atoms with Crippen LogP contribution in [0.15, 0.2) is 6.33 Å². The molecule has 3 N–H and O–H groups in total. The number of esters is 1. The molecule has 0 radical (unpaired) electrons. The van der Waals surface area contributed by atoms with Gasteiger partial charge in [-0.3, -0.25) is 4.79 Å². The van der Waals surface area contributed by atoms with Crippen molar-refractivity contribution in [3.8, 4) is 0 Å². The number of hydrogen-bond acceptors (Lipinski definition) is 7. The van der Waals surface area contributed by atoms with Gasteiger partial charge in [0.25, 0.3) is 0 Å². The normalized spacial score (nSPS) is 20.0. The zero-order chi connectivity index (χ0) is 16.9. The highest BCUT2D eigenvalue weighted by Gasteiger charge is 2.27. The van der Waals surface area contributed by atoms with Crippen molar-refractivity contribution in [3.63, 3.8) is 0 Å². The van der Waals surface area contributed by atoms with Crippen LogP contribution in [0.5, 0.6) is 0 Å². The summed E-state index contributed by atoms with van der Waals surface area (Å²) in [6, 6.07) is 0.453. The number of hydrogen-bond donors (Lipinski definition) is 2. The molecule has 2 heterocycles. The van der Waals surface area contributed by atoms with Gasteiger partial charge in [0, 0.05) is 19.1 Å². The largest absolute Gasteiger partial charge is 0.469 e. The first-order valence-electron chi connectivity index (χ1n) is 8.89. The number of aromatic nitrogens is 2. The molecule has 1 saturated carbocycles. The molecule has 24 heavy (non-hydrogen) atoms. The second-order valence-corrected chi connectivity index (χ2v) is 6.72. The van der Waals surface area contributed by atoms with Crippen LogP contribution in [0, 0.1) is 5.92 Å². The fourth-order valence-corrected chi connectivity index (χ4v) is 3.69. The number of methoxy groups -OCH3 is 1. The monoisotopic (exact) mass is 333 g/mol. The predicted octanol–water partition coefficient (Wildman–Crippen LogP) is 2.19. The molecule has 2 aliphatic rings. The van der Waals surface area contributed by atoms with E-state index in [2.05, 4.69) is 20.2 Å². The van der Waals surface area contributed by atoms with Gasteiger partial charge in [-0.15, -0.1) is 0 Å². The molecule has 1 aromatic heterocycles. The van der Waals surface area contributed by atoms with E-state index in [-0.39, 0.29) is 11.9 Å². The molecular formula is C17H27N5O2. The average molecular weight is 333 g/mol. The molecule has 0 amide bonds. The molecule has 0 atom stereocenters. The fraction of sp³-hybridized carbons (Fsp3) is 0.706. The Morgan fingerprint density at radius 3 is 2.58 bits per heavy atom. The minimum Gasteiger partial charge on any atom is -0.469 e. The summed E-state index contributed by atoms with van der Waals surface area (Å²) in [4.78, 5) is 22.5. The number of carbonyl (C=O) groups excluding carboxylic acids is 1. The van der Waals surface area contributed by atoms with E-state index in [9.17, 15) is 4.79 Å². The van der Waals surface area contributed by atoms with Crippen LogP contribution in [-0.2, 0) is 9.53 Å². The molecule has 0 aromatic carbocycles. The highest BCUT2D eigenvalue weighted by molar-refractivity contribution is 5.76. The highest BCUT2D eigenvalue weighted by atomic mass is 16.5. The van der Waals surface area contributed by atoms with Gasteiger partial charge in [0.05, 0.1) is 13.0 Å². The van der Waals surface area contributed by atoms with E-state index in [0.29, 0.717) is 11.7 Å². The van der Waals surface area contributed by atoms with E-state index in [4.69, 9.17) is 10.5 Å². The molecule has 1 aliphatic carbocycles.